The fraction of sp³-hybridized carbons (Fsp3) is 0.100. The highest BCUT2D eigenvalue weighted by atomic mass is 16.7. The Kier molecular flexibility index (Phi) is 11.7. The monoisotopic (exact) mass is 594 g/mol. The van der Waals surface area contributed by atoms with Gasteiger partial charge in [-0.1, -0.05) is 24.3 Å². The molecular formula is C20H18N8O14. The second-order valence-electron chi connectivity index (χ2n) is 7.49. The van der Waals surface area contributed by atoms with Crippen molar-refractivity contribution in [2.75, 3.05) is 0 Å². The number of benzene rings is 3. The van der Waals surface area contributed by atoms with E-state index in [4.69, 9.17) is 0 Å². The number of nitro benzene ring substituents is 6. The zero-order chi connectivity index (χ0) is 32.3. The first-order valence-electron chi connectivity index (χ1n) is 10.8. The highest BCUT2D eigenvalue weighted by Crippen LogP contribution is 2.37. The lowest BCUT2D eigenvalue weighted by atomic mass is 10.1. The molecule has 0 heterocycles. The summed E-state index contributed by atoms with van der Waals surface area (Å²) in [5.74, 6) is -2.92. The summed E-state index contributed by atoms with van der Waals surface area (Å²) >= 11 is 0. The zero-order valence-electron chi connectivity index (χ0n) is 20.8. The number of nitro groups is 6. The first-order chi connectivity index (χ1) is 19.5. The minimum atomic E-state index is -1.46. The molecule has 222 valence electrons. The molecule has 0 saturated heterocycles. The van der Waals surface area contributed by atoms with Crippen LogP contribution in [-0.4, -0.2) is 29.5 Å². The fourth-order valence-corrected chi connectivity index (χ4v) is 2.79. The van der Waals surface area contributed by atoms with Crippen molar-refractivity contribution in [3.05, 3.63) is 120 Å². The SMILES string of the molecule is O=[N+]([O-])c1cc([N+](=O)[O-])c([O-])c([N+](=O)[O-])c1.O=[N+]([O-])c1cc([N+](=O)[O-])c([O-])c([N+](=O)[O-])c1.[NH3+]Cc1ccc(C[NH3+])cc1. The topological polar surface area (TPSA) is 360 Å². The van der Waals surface area contributed by atoms with Gasteiger partial charge in [-0.05, 0) is 0 Å². The third-order valence-corrected chi connectivity index (χ3v) is 4.88. The van der Waals surface area contributed by atoms with Gasteiger partial charge in [0.1, 0.15) is 0 Å². The number of hydrogen-bond acceptors (Lipinski definition) is 14. The summed E-state index contributed by atoms with van der Waals surface area (Å²) in [5, 5.41) is 84.2. The number of hydrogen-bond donors (Lipinski definition) is 2. The molecule has 0 aromatic heterocycles. The van der Waals surface area contributed by atoms with Gasteiger partial charge in [-0.3, -0.25) is 60.7 Å². The van der Waals surface area contributed by atoms with E-state index in [0.717, 1.165) is 13.1 Å². The predicted molar refractivity (Wildman–Crippen MR) is 131 cm³/mol. The van der Waals surface area contributed by atoms with Gasteiger partial charge in [0.25, 0.3) is 34.1 Å². The van der Waals surface area contributed by atoms with Gasteiger partial charge >= 0.3 is 0 Å². The van der Waals surface area contributed by atoms with Crippen LogP contribution in [-0.2, 0) is 13.1 Å². The molecule has 0 spiro atoms. The largest absolute Gasteiger partial charge is 0.863 e. The number of quaternary nitrogens is 2. The molecule has 0 aliphatic rings. The van der Waals surface area contributed by atoms with Crippen LogP contribution >= 0.6 is 0 Å². The molecule has 22 nitrogen and oxygen atoms in total. The molecule has 3 aromatic rings. The molecule has 0 radical (unpaired) electrons. The van der Waals surface area contributed by atoms with Gasteiger partial charge in [-0.25, -0.2) is 0 Å². The first-order valence-corrected chi connectivity index (χ1v) is 10.8. The Morgan fingerprint density at radius 1 is 0.452 bits per heavy atom. The molecule has 0 bridgehead atoms. The number of rotatable bonds is 8. The van der Waals surface area contributed by atoms with Crippen LogP contribution in [0.25, 0.3) is 0 Å². The van der Waals surface area contributed by atoms with Crippen LogP contribution in [0.1, 0.15) is 11.1 Å². The third kappa shape index (κ3) is 8.82. The molecule has 3 aromatic carbocycles. The van der Waals surface area contributed by atoms with Crippen molar-refractivity contribution in [3.63, 3.8) is 0 Å². The Morgan fingerprint density at radius 3 is 0.810 bits per heavy atom. The van der Waals surface area contributed by atoms with Gasteiger partial charge in [0.2, 0.25) is 0 Å². The molecule has 0 aliphatic heterocycles. The highest BCUT2D eigenvalue weighted by Gasteiger charge is 2.25. The van der Waals surface area contributed by atoms with Crippen molar-refractivity contribution in [1.82, 2.24) is 0 Å². The van der Waals surface area contributed by atoms with Crippen LogP contribution in [0.2, 0.25) is 0 Å². The minimum Gasteiger partial charge on any atom is -0.863 e. The molecule has 0 fully saturated rings. The average Bonchev–Trinajstić information content (AvgIpc) is 2.93. The summed E-state index contributed by atoms with van der Waals surface area (Å²) in [4.78, 5) is 55.0. The lowest BCUT2D eigenvalue weighted by Crippen LogP contribution is -2.48. The third-order valence-electron chi connectivity index (χ3n) is 4.88. The van der Waals surface area contributed by atoms with Crippen LogP contribution in [0, 0.1) is 60.7 Å². The van der Waals surface area contributed by atoms with E-state index in [1.54, 1.807) is 0 Å². The molecule has 0 unspecified atom stereocenters. The maximum Gasteiger partial charge on any atom is 0.283 e. The van der Waals surface area contributed by atoms with Crippen molar-refractivity contribution < 1.29 is 51.2 Å². The minimum absolute atomic E-state index is 0.384. The van der Waals surface area contributed by atoms with Crippen molar-refractivity contribution in [1.29, 1.82) is 0 Å². The smallest absolute Gasteiger partial charge is 0.283 e. The summed E-state index contributed by atoms with van der Waals surface area (Å²) in [7, 11) is 0. The summed E-state index contributed by atoms with van der Waals surface area (Å²) in [6.07, 6.45) is 0. The summed E-state index contributed by atoms with van der Waals surface area (Å²) in [6, 6.07) is 9.96. The van der Waals surface area contributed by atoms with E-state index in [9.17, 15) is 70.9 Å². The molecular weight excluding hydrogens is 576 g/mol. The summed E-state index contributed by atoms with van der Waals surface area (Å²) < 4.78 is 0. The van der Waals surface area contributed by atoms with Gasteiger partial charge in [0.05, 0.1) is 78.4 Å². The van der Waals surface area contributed by atoms with Gasteiger partial charge in [-0.15, -0.1) is 0 Å². The summed E-state index contributed by atoms with van der Waals surface area (Å²) in [6.45, 7) is 1.74. The number of nitrogens with zero attached hydrogens (tertiary/aromatic N) is 6. The van der Waals surface area contributed by atoms with Crippen molar-refractivity contribution in [2.45, 2.75) is 13.1 Å². The lowest BCUT2D eigenvalue weighted by Gasteiger charge is -2.06. The molecule has 0 amide bonds. The molecule has 0 atom stereocenters. The molecule has 22 heteroatoms. The van der Waals surface area contributed by atoms with E-state index in [1.807, 2.05) is 0 Å². The van der Waals surface area contributed by atoms with Crippen LogP contribution < -0.4 is 21.7 Å². The second kappa shape index (κ2) is 14.7. The van der Waals surface area contributed by atoms with Crippen molar-refractivity contribution in [2.24, 2.45) is 0 Å². The maximum absolute atomic E-state index is 11.1. The van der Waals surface area contributed by atoms with Gasteiger partial charge in [0, 0.05) is 11.1 Å². The fourth-order valence-electron chi connectivity index (χ4n) is 2.79. The maximum atomic E-state index is 11.1. The van der Waals surface area contributed by atoms with Crippen LogP contribution in [0.5, 0.6) is 11.5 Å². The normalized spacial score (nSPS) is 9.76. The molecule has 0 aliphatic carbocycles. The molecule has 6 N–H and O–H groups in total. The van der Waals surface area contributed by atoms with E-state index in [1.165, 1.54) is 11.1 Å². The van der Waals surface area contributed by atoms with Gasteiger partial charge in [0.15, 0.2) is 0 Å². The van der Waals surface area contributed by atoms with Crippen LogP contribution in [0.3, 0.4) is 0 Å². The first kappa shape index (κ1) is 33.6. The van der Waals surface area contributed by atoms with E-state index in [0.29, 0.717) is 24.3 Å². The van der Waals surface area contributed by atoms with E-state index in [2.05, 4.69) is 35.7 Å². The van der Waals surface area contributed by atoms with E-state index >= 15 is 0 Å². The highest BCUT2D eigenvalue weighted by molar-refractivity contribution is 5.64. The Bertz CT molecular complexity index is 1360. The Labute approximate surface area is 230 Å². The van der Waals surface area contributed by atoms with E-state index < -0.39 is 75.2 Å². The molecule has 3 rings (SSSR count). The average molecular weight is 594 g/mol. The molecule has 0 saturated carbocycles. The lowest BCUT2D eigenvalue weighted by molar-refractivity contribution is -0.420. The Morgan fingerprint density at radius 2 is 0.667 bits per heavy atom. The van der Waals surface area contributed by atoms with Crippen molar-refractivity contribution >= 4 is 34.1 Å². The Balaban J connectivity index is 0.000000324. The van der Waals surface area contributed by atoms with Gasteiger partial charge < -0.3 is 21.7 Å². The summed E-state index contributed by atoms with van der Waals surface area (Å²) in [5.41, 5.74) is 3.64. The van der Waals surface area contributed by atoms with Crippen molar-refractivity contribution in [3.8, 4) is 11.5 Å². The standard InChI is InChI=1S/C8H12N2.2C6H3N3O7/c9-5-7-1-2-8(6-10)4-3-7;2*10-6-4(8(13)14)1-3(7(11)12)2-5(6)9(15)16/h1-4H,5-6,9-10H2;2*1-2,10H. The van der Waals surface area contributed by atoms with E-state index in [-0.39, 0.29) is 0 Å². The molecule has 42 heavy (non-hydrogen) atoms. The second-order valence-corrected chi connectivity index (χ2v) is 7.49. The Hall–Kier alpha value is -6.42. The zero-order valence-corrected chi connectivity index (χ0v) is 20.8. The quantitative estimate of drug-likeness (QED) is 0.259. The van der Waals surface area contributed by atoms with Crippen LogP contribution in [0.4, 0.5) is 34.1 Å². The van der Waals surface area contributed by atoms with Gasteiger partial charge in [-0.2, -0.15) is 0 Å². The predicted octanol–water partition coefficient (Wildman–Crippen LogP) is 0.140. The van der Waals surface area contributed by atoms with Crippen LogP contribution in [0.15, 0.2) is 48.5 Å². The number of non-ortho nitro benzene ring substituents is 2.